The summed E-state index contributed by atoms with van der Waals surface area (Å²) < 4.78 is 10.9. The third-order valence-corrected chi connectivity index (χ3v) is 3.68. The molecule has 20 heavy (non-hydrogen) atoms. The summed E-state index contributed by atoms with van der Waals surface area (Å²) in [6.07, 6.45) is -4.02. The molecule has 7 heteroatoms. The summed E-state index contributed by atoms with van der Waals surface area (Å²) >= 11 is 4.18. The molecule has 1 fully saturated rings. The summed E-state index contributed by atoms with van der Waals surface area (Å²) in [5, 5.41) is 28.8. The number of aliphatic hydroxyl groups excluding tert-OH is 3. The Kier molecular flexibility index (Phi) is 5.25. The Balaban J connectivity index is 1.96. The van der Waals surface area contributed by atoms with Crippen molar-refractivity contribution < 1.29 is 24.8 Å². The summed E-state index contributed by atoms with van der Waals surface area (Å²) in [6.45, 7) is -0.154. The Labute approximate surface area is 122 Å². The van der Waals surface area contributed by atoms with Gasteiger partial charge in [-0.3, -0.25) is 0 Å². The molecule has 2 rings (SSSR count). The SMILES string of the molecule is Nc1ccc(CO[C@@H]2[C@@H](O)[C@@H](O)[C@@H](CO)O[C@@H]2S)cc1. The minimum absolute atomic E-state index is 0.235. The van der Waals surface area contributed by atoms with Gasteiger partial charge in [-0.2, -0.15) is 0 Å². The molecule has 6 nitrogen and oxygen atoms in total. The highest BCUT2D eigenvalue weighted by atomic mass is 32.1. The van der Waals surface area contributed by atoms with Gasteiger partial charge in [0, 0.05) is 5.69 Å². The van der Waals surface area contributed by atoms with Crippen molar-refractivity contribution in [2.75, 3.05) is 12.3 Å². The van der Waals surface area contributed by atoms with Crippen LogP contribution in [0.15, 0.2) is 24.3 Å². The molecule has 1 aromatic carbocycles. The lowest BCUT2D eigenvalue weighted by Gasteiger charge is -2.40. The molecule has 5 atom stereocenters. The quantitative estimate of drug-likeness (QED) is 0.380. The number of hydrogen-bond donors (Lipinski definition) is 5. The minimum Gasteiger partial charge on any atom is -0.399 e. The highest BCUT2D eigenvalue weighted by molar-refractivity contribution is 7.80. The fourth-order valence-corrected chi connectivity index (χ4v) is 2.48. The molecule has 0 radical (unpaired) electrons. The van der Waals surface area contributed by atoms with Crippen LogP contribution >= 0.6 is 12.6 Å². The van der Waals surface area contributed by atoms with Gasteiger partial charge in [0.1, 0.15) is 29.9 Å². The first-order valence-corrected chi connectivity index (χ1v) is 6.81. The predicted molar refractivity (Wildman–Crippen MR) is 76.2 cm³/mol. The minimum atomic E-state index is -1.21. The van der Waals surface area contributed by atoms with E-state index in [0.29, 0.717) is 5.69 Å². The zero-order valence-corrected chi connectivity index (χ0v) is 11.7. The molecule has 0 bridgehead atoms. The maximum absolute atomic E-state index is 10.00. The molecule has 0 unspecified atom stereocenters. The fraction of sp³-hybridized carbons (Fsp3) is 0.538. The number of thiol groups is 1. The van der Waals surface area contributed by atoms with Gasteiger partial charge in [0.2, 0.25) is 0 Å². The topological polar surface area (TPSA) is 105 Å². The van der Waals surface area contributed by atoms with Gasteiger partial charge < -0.3 is 30.5 Å². The van der Waals surface area contributed by atoms with E-state index in [0.717, 1.165) is 5.56 Å². The van der Waals surface area contributed by atoms with Gasteiger partial charge in [-0.05, 0) is 17.7 Å². The number of ether oxygens (including phenoxy) is 2. The van der Waals surface area contributed by atoms with Crippen molar-refractivity contribution in [2.45, 2.75) is 36.5 Å². The molecule has 1 aliphatic rings. The molecule has 0 saturated carbocycles. The van der Waals surface area contributed by atoms with Crippen molar-refractivity contribution in [1.82, 2.24) is 0 Å². The summed E-state index contributed by atoms with van der Waals surface area (Å²) in [5.74, 6) is 0. The number of anilines is 1. The molecule has 0 amide bonds. The normalized spacial score (nSPS) is 34.1. The Morgan fingerprint density at radius 2 is 1.85 bits per heavy atom. The molecule has 112 valence electrons. The number of rotatable bonds is 4. The van der Waals surface area contributed by atoms with Crippen LogP contribution in [0.1, 0.15) is 5.56 Å². The predicted octanol–water partition coefficient (Wildman–Crippen LogP) is -0.477. The molecule has 0 spiro atoms. The number of hydrogen-bond acceptors (Lipinski definition) is 7. The lowest BCUT2D eigenvalue weighted by atomic mass is 10.00. The number of aliphatic hydroxyl groups is 3. The van der Waals surface area contributed by atoms with E-state index in [4.69, 9.17) is 20.3 Å². The van der Waals surface area contributed by atoms with Crippen molar-refractivity contribution in [3.05, 3.63) is 29.8 Å². The lowest BCUT2D eigenvalue weighted by molar-refractivity contribution is -0.221. The largest absolute Gasteiger partial charge is 0.399 e. The summed E-state index contributed by atoms with van der Waals surface area (Å²) in [7, 11) is 0. The highest BCUT2D eigenvalue weighted by Crippen LogP contribution is 2.26. The summed E-state index contributed by atoms with van der Waals surface area (Å²) in [4.78, 5) is 0. The third-order valence-electron chi connectivity index (χ3n) is 3.26. The van der Waals surface area contributed by atoms with Crippen LogP contribution in [0, 0.1) is 0 Å². The molecule has 1 aliphatic heterocycles. The molecule has 1 saturated heterocycles. The lowest BCUT2D eigenvalue weighted by Crippen LogP contribution is -2.57. The average Bonchev–Trinajstić information content (AvgIpc) is 2.44. The van der Waals surface area contributed by atoms with Crippen LogP contribution in [0.2, 0.25) is 0 Å². The molecule has 1 aromatic rings. The average molecular weight is 301 g/mol. The van der Waals surface area contributed by atoms with Gasteiger partial charge in [0.25, 0.3) is 0 Å². The van der Waals surface area contributed by atoms with E-state index in [9.17, 15) is 10.2 Å². The van der Waals surface area contributed by atoms with E-state index in [1.807, 2.05) is 12.1 Å². The van der Waals surface area contributed by atoms with Crippen LogP contribution in [0.5, 0.6) is 0 Å². The van der Waals surface area contributed by atoms with E-state index in [2.05, 4.69) is 12.6 Å². The second-order valence-corrected chi connectivity index (χ2v) is 5.26. The van der Waals surface area contributed by atoms with Crippen LogP contribution in [0.3, 0.4) is 0 Å². The first kappa shape index (κ1) is 15.6. The van der Waals surface area contributed by atoms with Crippen LogP contribution in [-0.2, 0) is 16.1 Å². The Bertz CT molecular complexity index is 429. The molecule has 0 aliphatic carbocycles. The van der Waals surface area contributed by atoms with Crippen LogP contribution in [0.25, 0.3) is 0 Å². The molecular weight excluding hydrogens is 282 g/mol. The second-order valence-electron chi connectivity index (χ2n) is 4.75. The van der Waals surface area contributed by atoms with Gasteiger partial charge in [0.05, 0.1) is 13.2 Å². The zero-order chi connectivity index (χ0) is 14.7. The molecular formula is C13H19NO5S. The monoisotopic (exact) mass is 301 g/mol. The number of benzene rings is 1. The third kappa shape index (κ3) is 3.43. The first-order chi connectivity index (χ1) is 9.52. The zero-order valence-electron chi connectivity index (χ0n) is 10.8. The van der Waals surface area contributed by atoms with E-state index in [1.54, 1.807) is 12.1 Å². The van der Waals surface area contributed by atoms with Crippen molar-refractivity contribution in [3.8, 4) is 0 Å². The number of nitrogen functional groups attached to an aromatic ring is 1. The second kappa shape index (κ2) is 6.75. The molecule has 1 heterocycles. The van der Waals surface area contributed by atoms with Crippen molar-refractivity contribution in [2.24, 2.45) is 0 Å². The molecule has 5 N–H and O–H groups in total. The van der Waals surface area contributed by atoms with Gasteiger partial charge in [-0.15, -0.1) is 12.6 Å². The Morgan fingerprint density at radius 3 is 2.45 bits per heavy atom. The van der Waals surface area contributed by atoms with Crippen molar-refractivity contribution in [3.63, 3.8) is 0 Å². The smallest absolute Gasteiger partial charge is 0.129 e. The summed E-state index contributed by atoms with van der Waals surface area (Å²) in [5.41, 5.74) is 6.40. The maximum atomic E-state index is 10.00. The Morgan fingerprint density at radius 1 is 1.20 bits per heavy atom. The van der Waals surface area contributed by atoms with Crippen LogP contribution in [0.4, 0.5) is 5.69 Å². The van der Waals surface area contributed by atoms with E-state index in [1.165, 1.54) is 0 Å². The first-order valence-electron chi connectivity index (χ1n) is 6.29. The molecule has 0 aromatic heterocycles. The van der Waals surface area contributed by atoms with Gasteiger partial charge in [-0.25, -0.2) is 0 Å². The van der Waals surface area contributed by atoms with E-state index in [-0.39, 0.29) is 13.2 Å². The van der Waals surface area contributed by atoms with Crippen LogP contribution in [-0.4, -0.2) is 51.8 Å². The van der Waals surface area contributed by atoms with E-state index >= 15 is 0 Å². The standard InChI is InChI=1S/C13H19NO5S/c14-8-3-1-7(2-4-8)6-18-12-11(17)10(16)9(5-15)19-13(12)20/h1-4,9-13,15-17,20H,5-6,14H2/t9-,10+,11+,12-,13-/m1/s1. The van der Waals surface area contributed by atoms with Gasteiger partial charge in [-0.1, -0.05) is 12.1 Å². The van der Waals surface area contributed by atoms with Crippen molar-refractivity contribution >= 4 is 18.3 Å². The summed E-state index contributed by atoms with van der Waals surface area (Å²) in [6, 6.07) is 7.13. The Hall–Kier alpha value is -0.830. The van der Waals surface area contributed by atoms with Gasteiger partial charge >= 0.3 is 0 Å². The van der Waals surface area contributed by atoms with Crippen molar-refractivity contribution in [1.29, 1.82) is 0 Å². The number of nitrogens with two attached hydrogens (primary N) is 1. The highest BCUT2D eigenvalue weighted by Gasteiger charge is 2.43. The van der Waals surface area contributed by atoms with E-state index < -0.39 is 29.9 Å². The van der Waals surface area contributed by atoms with Gasteiger partial charge in [0.15, 0.2) is 0 Å². The van der Waals surface area contributed by atoms with Crippen LogP contribution < -0.4 is 5.73 Å². The maximum Gasteiger partial charge on any atom is 0.129 e. The fourth-order valence-electron chi connectivity index (χ4n) is 2.06.